The summed E-state index contributed by atoms with van der Waals surface area (Å²) < 4.78 is 84.1. The Hall–Kier alpha value is -2.72. The van der Waals surface area contributed by atoms with Gasteiger partial charge in [0.15, 0.2) is 5.78 Å². The summed E-state index contributed by atoms with van der Waals surface area (Å²) >= 11 is 0. The topological polar surface area (TPSA) is 75.7 Å². The number of aliphatic carboxylic acids is 1. The van der Waals surface area contributed by atoms with E-state index in [0.29, 0.717) is 18.2 Å². The molecule has 0 aromatic heterocycles. The summed E-state index contributed by atoms with van der Waals surface area (Å²) in [6.07, 6.45) is -12.8. The molecule has 1 atom stereocenters. The van der Waals surface area contributed by atoms with Gasteiger partial charge in [-0.2, -0.15) is 13.2 Å². The lowest BCUT2D eigenvalue weighted by atomic mass is 9.97. The van der Waals surface area contributed by atoms with Crippen molar-refractivity contribution < 1.29 is 50.5 Å². The number of rotatable bonds is 3. The maximum absolute atomic E-state index is 13.0. The number of fused-ring (bicyclic) bond motifs is 1. The SMILES string of the molecule is CC(=O)c1cc(OC(F)(F)F)cc2c1OC(C(F)(F)F)C(C(=O)[O-])=C2. The van der Waals surface area contributed by atoms with E-state index in [2.05, 4.69) is 9.47 Å². The number of hydrogen-bond acceptors (Lipinski definition) is 5. The van der Waals surface area contributed by atoms with Crippen molar-refractivity contribution in [3.8, 4) is 11.5 Å². The number of carboxylic acids is 1. The summed E-state index contributed by atoms with van der Waals surface area (Å²) in [7, 11) is 0. The van der Waals surface area contributed by atoms with Gasteiger partial charge in [-0.15, -0.1) is 13.2 Å². The first-order valence-electron chi connectivity index (χ1n) is 6.40. The van der Waals surface area contributed by atoms with Crippen molar-refractivity contribution in [1.29, 1.82) is 0 Å². The Morgan fingerprint density at radius 1 is 1.16 bits per heavy atom. The van der Waals surface area contributed by atoms with Crippen LogP contribution in [0.25, 0.3) is 6.08 Å². The van der Waals surface area contributed by atoms with Crippen LogP contribution in [0.4, 0.5) is 26.3 Å². The van der Waals surface area contributed by atoms with Crippen molar-refractivity contribution in [2.24, 2.45) is 0 Å². The lowest BCUT2D eigenvalue weighted by Gasteiger charge is -2.30. The second kappa shape index (κ2) is 5.97. The number of carbonyl (C=O) groups is 2. The molecule has 1 heterocycles. The molecule has 25 heavy (non-hydrogen) atoms. The van der Waals surface area contributed by atoms with E-state index in [1.165, 1.54) is 0 Å². The molecule has 136 valence electrons. The lowest BCUT2D eigenvalue weighted by Crippen LogP contribution is -2.44. The number of alkyl halides is 6. The highest BCUT2D eigenvalue weighted by molar-refractivity contribution is 6.01. The summed E-state index contributed by atoms with van der Waals surface area (Å²) in [5.74, 6) is -4.75. The third-order valence-corrected chi connectivity index (χ3v) is 3.07. The van der Waals surface area contributed by atoms with Gasteiger partial charge in [-0.25, -0.2) is 0 Å². The molecule has 0 aliphatic carbocycles. The summed E-state index contributed by atoms with van der Waals surface area (Å²) in [6.45, 7) is 0.886. The van der Waals surface area contributed by atoms with Crippen molar-refractivity contribution >= 4 is 17.8 Å². The van der Waals surface area contributed by atoms with Gasteiger partial charge in [0.05, 0.1) is 11.5 Å². The standard InChI is InChI=1S/C14H8F6O5/c1-5(21)8-4-7(25-14(18,19)20)2-6-3-9(12(22)23)11(13(15,16)17)24-10(6)8/h2-4,11H,1H3,(H,22,23)/p-1. The number of benzene rings is 1. The van der Waals surface area contributed by atoms with E-state index in [0.717, 1.165) is 6.92 Å². The zero-order valence-corrected chi connectivity index (χ0v) is 12.1. The quantitative estimate of drug-likeness (QED) is 0.604. The highest BCUT2D eigenvalue weighted by Gasteiger charge is 2.47. The van der Waals surface area contributed by atoms with E-state index in [9.17, 15) is 41.0 Å². The van der Waals surface area contributed by atoms with Crippen LogP contribution in [0.5, 0.6) is 11.5 Å². The second-order valence-corrected chi connectivity index (χ2v) is 4.92. The number of ether oxygens (including phenoxy) is 2. The highest BCUT2D eigenvalue weighted by Crippen LogP contribution is 2.41. The molecule has 0 saturated heterocycles. The summed E-state index contributed by atoms with van der Waals surface area (Å²) in [4.78, 5) is 22.5. The smallest absolute Gasteiger partial charge is 0.545 e. The van der Waals surface area contributed by atoms with Gasteiger partial charge < -0.3 is 19.4 Å². The molecule has 0 radical (unpaired) electrons. The fourth-order valence-corrected chi connectivity index (χ4v) is 2.15. The number of hydrogen-bond donors (Lipinski definition) is 0. The molecule has 0 fully saturated rings. The van der Waals surface area contributed by atoms with Gasteiger partial charge >= 0.3 is 12.5 Å². The van der Waals surface area contributed by atoms with Gasteiger partial charge in [0.1, 0.15) is 11.5 Å². The molecule has 0 spiro atoms. The molecular formula is C14H7F6O5-. The first-order chi connectivity index (χ1) is 11.3. The maximum Gasteiger partial charge on any atom is 0.573 e. The minimum absolute atomic E-state index is 0.433. The highest BCUT2D eigenvalue weighted by atomic mass is 19.4. The van der Waals surface area contributed by atoms with E-state index in [1.807, 2.05) is 0 Å². The van der Waals surface area contributed by atoms with Gasteiger partial charge in [-0.05, 0) is 25.1 Å². The molecule has 2 rings (SSSR count). The molecule has 0 N–H and O–H groups in total. The third-order valence-electron chi connectivity index (χ3n) is 3.07. The van der Waals surface area contributed by atoms with Crippen LogP contribution in [0.3, 0.4) is 0 Å². The Bertz CT molecular complexity index is 762. The number of carbonyl (C=O) groups excluding carboxylic acids is 2. The number of carboxylic acid groups (broad SMARTS) is 1. The monoisotopic (exact) mass is 369 g/mol. The second-order valence-electron chi connectivity index (χ2n) is 4.92. The van der Waals surface area contributed by atoms with Crippen molar-refractivity contribution in [3.05, 3.63) is 28.8 Å². The van der Waals surface area contributed by atoms with Gasteiger partial charge in [0.25, 0.3) is 0 Å². The fourth-order valence-electron chi connectivity index (χ4n) is 2.15. The molecule has 1 aliphatic rings. The number of ketones is 1. The summed E-state index contributed by atoms with van der Waals surface area (Å²) in [6, 6.07) is 1.16. The molecule has 0 amide bonds. The van der Waals surface area contributed by atoms with E-state index < -0.39 is 58.6 Å². The molecule has 0 saturated carbocycles. The zero-order valence-electron chi connectivity index (χ0n) is 12.1. The van der Waals surface area contributed by atoms with E-state index in [1.54, 1.807) is 0 Å². The van der Waals surface area contributed by atoms with Crippen LogP contribution in [-0.4, -0.2) is 30.4 Å². The molecule has 5 nitrogen and oxygen atoms in total. The van der Waals surface area contributed by atoms with Crippen molar-refractivity contribution in [3.63, 3.8) is 0 Å². The normalized spacial score (nSPS) is 17.2. The van der Waals surface area contributed by atoms with Gasteiger partial charge in [-0.3, -0.25) is 4.79 Å². The van der Waals surface area contributed by atoms with Gasteiger partial charge in [0, 0.05) is 11.1 Å². The van der Waals surface area contributed by atoms with Crippen LogP contribution >= 0.6 is 0 Å². The number of Topliss-reactive ketones (excluding diaryl/α,β-unsaturated/α-hetero) is 1. The van der Waals surface area contributed by atoms with Crippen LogP contribution in [0.2, 0.25) is 0 Å². The maximum atomic E-state index is 13.0. The molecule has 1 aromatic rings. The predicted octanol–water partition coefficient (Wildman–Crippen LogP) is 2.24. The van der Waals surface area contributed by atoms with Crippen LogP contribution in [0, 0.1) is 0 Å². The van der Waals surface area contributed by atoms with Crippen LogP contribution in [0.15, 0.2) is 17.7 Å². The Morgan fingerprint density at radius 3 is 2.20 bits per heavy atom. The van der Waals surface area contributed by atoms with Crippen LogP contribution < -0.4 is 14.6 Å². The first kappa shape index (κ1) is 18.6. The van der Waals surface area contributed by atoms with E-state index in [-0.39, 0.29) is 0 Å². The number of halogens is 6. The summed E-state index contributed by atoms with van der Waals surface area (Å²) in [5, 5.41) is 10.9. The largest absolute Gasteiger partial charge is 0.573 e. The van der Waals surface area contributed by atoms with E-state index >= 15 is 0 Å². The Morgan fingerprint density at radius 2 is 1.76 bits per heavy atom. The Kier molecular flexibility index (Phi) is 4.45. The van der Waals surface area contributed by atoms with Crippen molar-refractivity contribution in [1.82, 2.24) is 0 Å². The average Bonchev–Trinajstić information content (AvgIpc) is 2.41. The molecule has 1 unspecified atom stereocenters. The van der Waals surface area contributed by atoms with E-state index in [4.69, 9.17) is 0 Å². The lowest BCUT2D eigenvalue weighted by molar-refractivity contribution is -0.302. The van der Waals surface area contributed by atoms with Gasteiger partial charge in [-0.1, -0.05) is 0 Å². The van der Waals surface area contributed by atoms with Crippen molar-refractivity contribution in [2.75, 3.05) is 0 Å². The van der Waals surface area contributed by atoms with Crippen LogP contribution in [0.1, 0.15) is 22.8 Å². The predicted molar refractivity (Wildman–Crippen MR) is 66.6 cm³/mol. The summed E-state index contributed by atoms with van der Waals surface area (Å²) in [5.41, 5.74) is -2.47. The molecule has 1 aliphatic heterocycles. The molecule has 0 bridgehead atoms. The average molecular weight is 369 g/mol. The molecule has 1 aromatic carbocycles. The Balaban J connectivity index is 2.66. The third kappa shape index (κ3) is 4.03. The zero-order chi connectivity index (χ0) is 19.2. The van der Waals surface area contributed by atoms with Crippen molar-refractivity contribution in [2.45, 2.75) is 25.6 Å². The Labute approximate surface area is 135 Å². The first-order valence-corrected chi connectivity index (χ1v) is 6.40. The minimum atomic E-state index is -5.15. The van der Waals surface area contributed by atoms with Gasteiger partial charge in [0.2, 0.25) is 6.10 Å². The fraction of sp³-hybridized carbons (Fsp3) is 0.286. The molecule has 11 heteroatoms. The molecular weight excluding hydrogens is 362 g/mol. The minimum Gasteiger partial charge on any atom is -0.545 e. The van der Waals surface area contributed by atoms with Crippen LogP contribution in [-0.2, 0) is 4.79 Å².